The molecule has 27 heavy (non-hydrogen) atoms. The molecule has 3 heterocycles. The van der Waals surface area contributed by atoms with Crippen LogP contribution in [-0.2, 0) is 25.3 Å². The number of amides is 1. The van der Waals surface area contributed by atoms with Gasteiger partial charge >= 0.3 is 5.69 Å². The summed E-state index contributed by atoms with van der Waals surface area (Å²) in [5, 5.41) is 12.1. The molecule has 0 atom stereocenters. The van der Waals surface area contributed by atoms with Gasteiger partial charge in [0.15, 0.2) is 5.65 Å². The Balaban J connectivity index is 1.97. The molecule has 0 saturated heterocycles. The van der Waals surface area contributed by atoms with Crippen LogP contribution in [0.15, 0.2) is 14.6 Å². The number of nitrogens with one attached hydrogen (secondary N) is 1. The lowest BCUT2D eigenvalue weighted by Crippen LogP contribution is -2.37. The van der Waals surface area contributed by atoms with Crippen LogP contribution in [0, 0.1) is 6.92 Å². The fraction of sp³-hybridized carbons (Fsp3) is 0.400. The molecule has 10 nitrogen and oxygen atoms in total. The normalized spacial score (nSPS) is 11.1. The number of carbonyl (C=O) groups excluding carboxylic acids is 1. The van der Waals surface area contributed by atoms with Gasteiger partial charge in [-0.15, -0.1) is 10.2 Å². The van der Waals surface area contributed by atoms with Crippen molar-refractivity contribution in [1.29, 1.82) is 0 Å². The van der Waals surface area contributed by atoms with Crippen molar-refractivity contribution in [2.75, 3.05) is 11.1 Å². The largest absolute Gasteiger partial charge is 0.332 e. The van der Waals surface area contributed by atoms with Crippen molar-refractivity contribution in [2.24, 2.45) is 14.1 Å². The van der Waals surface area contributed by atoms with E-state index in [9.17, 15) is 14.4 Å². The number of fused-ring (bicyclic) bond motifs is 1. The van der Waals surface area contributed by atoms with Gasteiger partial charge in [0.1, 0.15) is 21.2 Å². The zero-order valence-electron chi connectivity index (χ0n) is 15.1. The molecule has 0 unspecified atom stereocenters. The maximum absolute atomic E-state index is 12.6. The smallest absolute Gasteiger partial charge is 0.300 e. The molecule has 3 aromatic rings. The Kier molecular flexibility index (Phi) is 5.37. The third-order valence-corrected chi connectivity index (χ3v) is 5.47. The summed E-state index contributed by atoms with van der Waals surface area (Å²) in [6.45, 7) is 3.67. The van der Waals surface area contributed by atoms with Gasteiger partial charge in [0, 0.05) is 20.5 Å². The van der Waals surface area contributed by atoms with E-state index in [4.69, 9.17) is 0 Å². The second-order valence-corrected chi connectivity index (χ2v) is 7.81. The van der Waals surface area contributed by atoms with Crippen LogP contribution in [0.4, 0.5) is 5.13 Å². The van der Waals surface area contributed by atoms with Crippen LogP contribution in [0.2, 0.25) is 0 Å². The van der Waals surface area contributed by atoms with Crippen LogP contribution in [0.5, 0.6) is 0 Å². The highest BCUT2D eigenvalue weighted by molar-refractivity contribution is 8.00. The van der Waals surface area contributed by atoms with Crippen molar-refractivity contribution < 1.29 is 4.79 Å². The van der Waals surface area contributed by atoms with E-state index < -0.39 is 11.2 Å². The van der Waals surface area contributed by atoms with E-state index >= 15 is 0 Å². The van der Waals surface area contributed by atoms with E-state index in [0.29, 0.717) is 22.4 Å². The molecule has 0 aliphatic carbocycles. The Morgan fingerprint density at radius 2 is 1.93 bits per heavy atom. The van der Waals surface area contributed by atoms with Gasteiger partial charge in [-0.3, -0.25) is 24.0 Å². The van der Waals surface area contributed by atoms with E-state index in [-0.39, 0.29) is 22.7 Å². The standard InChI is InChI=1S/C15H17N7O3S2/c1-5-8-16-11-10(13(24)22(4)15(25)21(11)3)12(17-8)26-6-9(23)18-14-20-19-7(2)27-14/h5-6H2,1-4H3,(H,18,20,23). The predicted molar refractivity (Wildman–Crippen MR) is 103 cm³/mol. The van der Waals surface area contributed by atoms with Crippen molar-refractivity contribution in [3.8, 4) is 0 Å². The molecule has 142 valence electrons. The molecule has 12 heteroatoms. The molecule has 0 fully saturated rings. The first kappa shape index (κ1) is 19.2. The highest BCUT2D eigenvalue weighted by Gasteiger charge is 2.18. The van der Waals surface area contributed by atoms with Crippen molar-refractivity contribution >= 4 is 45.2 Å². The summed E-state index contributed by atoms with van der Waals surface area (Å²) < 4.78 is 2.32. The Morgan fingerprint density at radius 1 is 1.19 bits per heavy atom. The molecule has 0 aliphatic heterocycles. The van der Waals surface area contributed by atoms with Gasteiger partial charge < -0.3 is 0 Å². The summed E-state index contributed by atoms with van der Waals surface area (Å²) in [7, 11) is 2.95. The van der Waals surface area contributed by atoms with Gasteiger partial charge in [0.25, 0.3) is 5.56 Å². The maximum atomic E-state index is 12.6. The number of hydrogen-bond donors (Lipinski definition) is 1. The monoisotopic (exact) mass is 407 g/mol. The average molecular weight is 407 g/mol. The van der Waals surface area contributed by atoms with E-state index in [2.05, 4.69) is 25.5 Å². The first-order chi connectivity index (χ1) is 12.8. The Hall–Kier alpha value is -2.60. The fourth-order valence-corrected chi connectivity index (χ4v) is 3.81. The highest BCUT2D eigenvalue weighted by atomic mass is 32.2. The number of aryl methyl sites for hydroxylation is 3. The molecular formula is C15H17N7O3S2. The highest BCUT2D eigenvalue weighted by Crippen LogP contribution is 2.23. The van der Waals surface area contributed by atoms with Crippen LogP contribution in [0.3, 0.4) is 0 Å². The number of carbonyl (C=O) groups is 1. The lowest BCUT2D eigenvalue weighted by molar-refractivity contribution is -0.113. The third kappa shape index (κ3) is 3.76. The molecule has 3 rings (SSSR count). The minimum atomic E-state index is -0.488. The molecular weight excluding hydrogens is 390 g/mol. The summed E-state index contributed by atoms with van der Waals surface area (Å²) in [6, 6.07) is 0. The molecule has 0 spiro atoms. The van der Waals surface area contributed by atoms with Crippen LogP contribution >= 0.6 is 23.1 Å². The maximum Gasteiger partial charge on any atom is 0.332 e. The summed E-state index contributed by atoms with van der Waals surface area (Å²) >= 11 is 2.39. The van der Waals surface area contributed by atoms with Gasteiger partial charge in [0.2, 0.25) is 11.0 Å². The van der Waals surface area contributed by atoms with Gasteiger partial charge in [-0.05, 0) is 6.92 Å². The number of rotatable bonds is 5. The lowest BCUT2D eigenvalue weighted by Gasteiger charge is -2.11. The minimum absolute atomic E-state index is 0.0277. The van der Waals surface area contributed by atoms with E-state index in [0.717, 1.165) is 21.3 Å². The summed E-state index contributed by atoms with van der Waals surface area (Å²) in [4.78, 5) is 45.7. The van der Waals surface area contributed by atoms with E-state index in [1.807, 2.05) is 6.92 Å². The second kappa shape index (κ2) is 7.56. The average Bonchev–Trinajstić information content (AvgIpc) is 3.06. The quantitative estimate of drug-likeness (QED) is 0.478. The zero-order chi connectivity index (χ0) is 19.7. The van der Waals surface area contributed by atoms with Crippen LogP contribution < -0.4 is 16.6 Å². The number of aromatic nitrogens is 6. The first-order valence-electron chi connectivity index (χ1n) is 8.01. The zero-order valence-corrected chi connectivity index (χ0v) is 16.8. The van der Waals surface area contributed by atoms with Crippen LogP contribution in [-0.4, -0.2) is 41.0 Å². The summed E-state index contributed by atoms with van der Waals surface area (Å²) in [6.07, 6.45) is 0.531. The molecule has 0 saturated carbocycles. The van der Waals surface area contributed by atoms with Gasteiger partial charge in [-0.2, -0.15) is 0 Å². The van der Waals surface area contributed by atoms with Crippen LogP contribution in [0.25, 0.3) is 11.0 Å². The molecule has 0 aliphatic rings. The van der Waals surface area contributed by atoms with E-state index in [1.54, 1.807) is 14.0 Å². The van der Waals surface area contributed by atoms with Crippen molar-refractivity contribution in [2.45, 2.75) is 25.3 Å². The molecule has 0 bridgehead atoms. The SMILES string of the molecule is CCc1nc(SCC(=O)Nc2nnc(C)s2)c2c(=O)n(C)c(=O)n(C)c2n1. The van der Waals surface area contributed by atoms with Crippen LogP contribution in [0.1, 0.15) is 17.8 Å². The van der Waals surface area contributed by atoms with E-state index in [1.165, 1.54) is 23.0 Å². The molecule has 1 N–H and O–H groups in total. The molecule has 3 aromatic heterocycles. The predicted octanol–water partition coefficient (Wildman–Crippen LogP) is 0.480. The molecule has 0 aromatic carbocycles. The molecule has 1 amide bonds. The Morgan fingerprint density at radius 3 is 2.56 bits per heavy atom. The lowest BCUT2D eigenvalue weighted by atomic mass is 10.3. The van der Waals surface area contributed by atoms with Crippen molar-refractivity contribution in [1.82, 2.24) is 29.3 Å². The van der Waals surface area contributed by atoms with Crippen molar-refractivity contribution in [3.63, 3.8) is 0 Å². The van der Waals surface area contributed by atoms with Crippen molar-refractivity contribution in [3.05, 3.63) is 31.7 Å². The summed E-state index contributed by atoms with van der Waals surface area (Å²) in [5.41, 5.74) is -0.690. The number of nitrogens with zero attached hydrogens (tertiary/aromatic N) is 6. The number of thioether (sulfide) groups is 1. The fourth-order valence-electron chi connectivity index (χ4n) is 2.37. The summed E-state index contributed by atoms with van der Waals surface area (Å²) in [5.74, 6) is 0.232. The first-order valence-corrected chi connectivity index (χ1v) is 9.81. The minimum Gasteiger partial charge on any atom is -0.300 e. The van der Waals surface area contributed by atoms with Gasteiger partial charge in [0.05, 0.1) is 5.75 Å². The Labute approximate surface area is 161 Å². The number of anilines is 1. The third-order valence-electron chi connectivity index (χ3n) is 3.74. The topological polar surface area (TPSA) is 125 Å². The Bertz CT molecular complexity index is 1150. The van der Waals surface area contributed by atoms with Gasteiger partial charge in [-0.25, -0.2) is 14.8 Å². The van der Waals surface area contributed by atoms with Gasteiger partial charge in [-0.1, -0.05) is 30.0 Å². The second-order valence-electron chi connectivity index (χ2n) is 5.67. The number of hydrogen-bond acceptors (Lipinski definition) is 9. The molecule has 0 radical (unpaired) electrons.